The Morgan fingerprint density at radius 1 is 1.08 bits per heavy atom. The molecule has 4 fully saturated rings. The van der Waals surface area contributed by atoms with Gasteiger partial charge in [-0.2, -0.15) is 0 Å². The molecule has 1 amide bonds. The summed E-state index contributed by atoms with van der Waals surface area (Å²) in [6.45, 7) is 4.17. The lowest BCUT2D eigenvalue weighted by Gasteiger charge is -2.40. The third-order valence-corrected chi connectivity index (χ3v) is 6.23. The maximum atomic E-state index is 12.8. The quantitative estimate of drug-likeness (QED) is 0.924. The van der Waals surface area contributed by atoms with Gasteiger partial charge in [-0.15, -0.1) is 0 Å². The van der Waals surface area contributed by atoms with E-state index in [9.17, 15) is 9.90 Å². The zero-order valence-electron chi connectivity index (χ0n) is 14.4. The van der Waals surface area contributed by atoms with Gasteiger partial charge in [0, 0.05) is 37.8 Å². The Balaban J connectivity index is 1.41. The molecule has 1 saturated carbocycles. The summed E-state index contributed by atoms with van der Waals surface area (Å²) >= 11 is 0. The molecule has 3 heterocycles. The van der Waals surface area contributed by atoms with E-state index < -0.39 is 0 Å². The molecule has 24 heavy (non-hydrogen) atoms. The zero-order chi connectivity index (χ0) is 16.5. The maximum Gasteiger partial charge on any atom is 0.227 e. The molecule has 0 unspecified atom stereocenters. The molecule has 0 spiro atoms. The normalized spacial score (nSPS) is 27.8. The molecule has 1 aliphatic carbocycles. The van der Waals surface area contributed by atoms with Gasteiger partial charge >= 0.3 is 0 Å². The van der Waals surface area contributed by atoms with E-state index in [1.165, 1.54) is 45.2 Å². The van der Waals surface area contributed by atoms with Crippen LogP contribution in [0.25, 0.3) is 0 Å². The highest BCUT2D eigenvalue weighted by Crippen LogP contribution is 2.33. The number of phenols is 1. The molecule has 4 aliphatic rings. The number of fused-ring (bicyclic) bond motifs is 4. The first-order valence-corrected chi connectivity index (χ1v) is 9.47. The van der Waals surface area contributed by atoms with Crippen molar-refractivity contribution in [3.63, 3.8) is 0 Å². The Hall–Kier alpha value is -1.55. The molecule has 0 radical (unpaired) electrons. The minimum absolute atomic E-state index is 0.166. The van der Waals surface area contributed by atoms with E-state index in [0.29, 0.717) is 18.4 Å². The lowest BCUT2D eigenvalue weighted by atomic mass is 9.83. The molecule has 0 aromatic heterocycles. The average Bonchev–Trinajstić information content (AvgIpc) is 2.85. The summed E-state index contributed by atoms with van der Waals surface area (Å²) in [6.07, 6.45) is 6.99. The zero-order valence-corrected chi connectivity index (χ0v) is 14.4. The number of hydrogen-bond acceptors (Lipinski definition) is 3. The van der Waals surface area contributed by atoms with E-state index in [0.717, 1.165) is 24.6 Å². The SMILES string of the molecule is O=C(Cc1ccccc1O)N1C[C@@H]2CC[C@H](C1)N(CC1CCC1)C2. The first kappa shape index (κ1) is 15.9. The van der Waals surface area contributed by atoms with Crippen molar-refractivity contribution in [3.05, 3.63) is 29.8 Å². The van der Waals surface area contributed by atoms with Crippen molar-refractivity contribution >= 4 is 5.91 Å². The summed E-state index contributed by atoms with van der Waals surface area (Å²) in [5, 5.41) is 9.93. The fraction of sp³-hybridized carbons (Fsp3) is 0.650. The predicted octanol–water partition coefficient (Wildman–Crippen LogP) is 2.66. The van der Waals surface area contributed by atoms with Crippen LogP contribution in [-0.4, -0.2) is 53.0 Å². The number of amides is 1. The van der Waals surface area contributed by atoms with Crippen molar-refractivity contribution in [2.75, 3.05) is 26.2 Å². The van der Waals surface area contributed by atoms with E-state index >= 15 is 0 Å². The number of carbonyl (C=O) groups excluding carboxylic acids is 1. The summed E-state index contributed by atoms with van der Waals surface area (Å²) in [6, 6.07) is 7.73. The molecule has 1 N–H and O–H groups in total. The fourth-order valence-electron chi connectivity index (χ4n) is 4.55. The van der Waals surface area contributed by atoms with Crippen LogP contribution in [0.2, 0.25) is 0 Å². The molecular formula is C20H28N2O2. The third kappa shape index (κ3) is 3.30. The van der Waals surface area contributed by atoms with Crippen LogP contribution in [0.15, 0.2) is 24.3 Å². The summed E-state index contributed by atoms with van der Waals surface area (Å²) in [5.74, 6) is 1.92. The highest BCUT2D eigenvalue weighted by Gasteiger charge is 2.37. The molecule has 2 atom stereocenters. The Morgan fingerprint density at radius 3 is 2.67 bits per heavy atom. The van der Waals surface area contributed by atoms with E-state index in [2.05, 4.69) is 9.80 Å². The highest BCUT2D eigenvalue weighted by molar-refractivity contribution is 5.79. The van der Waals surface area contributed by atoms with E-state index in [4.69, 9.17) is 0 Å². The van der Waals surface area contributed by atoms with Gasteiger partial charge in [0.25, 0.3) is 0 Å². The Bertz CT molecular complexity index is 599. The Labute approximate surface area is 144 Å². The summed E-state index contributed by atoms with van der Waals surface area (Å²) in [5.41, 5.74) is 0.741. The van der Waals surface area contributed by atoms with Crippen molar-refractivity contribution in [2.45, 2.75) is 44.6 Å². The predicted molar refractivity (Wildman–Crippen MR) is 93.8 cm³/mol. The van der Waals surface area contributed by atoms with Crippen LogP contribution in [0.1, 0.15) is 37.7 Å². The number of nitrogens with zero attached hydrogens (tertiary/aromatic N) is 2. The van der Waals surface area contributed by atoms with Gasteiger partial charge in [-0.1, -0.05) is 24.6 Å². The van der Waals surface area contributed by atoms with E-state index in [-0.39, 0.29) is 11.7 Å². The topological polar surface area (TPSA) is 43.8 Å². The third-order valence-electron chi connectivity index (χ3n) is 6.23. The van der Waals surface area contributed by atoms with Crippen molar-refractivity contribution in [3.8, 4) is 5.75 Å². The van der Waals surface area contributed by atoms with E-state index in [1.54, 1.807) is 12.1 Å². The monoisotopic (exact) mass is 328 g/mol. The van der Waals surface area contributed by atoms with Crippen LogP contribution >= 0.6 is 0 Å². The van der Waals surface area contributed by atoms with Gasteiger partial charge < -0.3 is 10.0 Å². The second kappa shape index (κ2) is 6.75. The van der Waals surface area contributed by atoms with Crippen molar-refractivity contribution in [1.29, 1.82) is 0 Å². The molecule has 2 bridgehead atoms. The van der Waals surface area contributed by atoms with Crippen LogP contribution in [0.4, 0.5) is 0 Å². The van der Waals surface area contributed by atoms with Crippen molar-refractivity contribution < 1.29 is 9.90 Å². The molecule has 1 aromatic carbocycles. The number of aromatic hydroxyl groups is 1. The number of benzene rings is 1. The van der Waals surface area contributed by atoms with Crippen LogP contribution < -0.4 is 0 Å². The second-order valence-electron chi connectivity index (χ2n) is 7.95. The number of carbonyl (C=O) groups is 1. The molecule has 5 rings (SSSR count). The molecule has 1 aromatic rings. The number of hydrogen-bond donors (Lipinski definition) is 1. The average molecular weight is 328 g/mol. The molecule has 4 nitrogen and oxygen atoms in total. The molecule has 3 saturated heterocycles. The number of rotatable bonds is 4. The molecule has 3 aliphatic heterocycles. The molecular weight excluding hydrogens is 300 g/mol. The first-order valence-electron chi connectivity index (χ1n) is 9.47. The Morgan fingerprint density at radius 2 is 1.92 bits per heavy atom. The van der Waals surface area contributed by atoms with Crippen molar-refractivity contribution in [2.24, 2.45) is 11.8 Å². The van der Waals surface area contributed by atoms with Crippen LogP contribution in [-0.2, 0) is 11.2 Å². The highest BCUT2D eigenvalue weighted by atomic mass is 16.3. The van der Waals surface area contributed by atoms with Gasteiger partial charge in [0.15, 0.2) is 0 Å². The van der Waals surface area contributed by atoms with Crippen LogP contribution in [0.3, 0.4) is 0 Å². The molecule has 4 heteroatoms. The second-order valence-corrected chi connectivity index (χ2v) is 7.95. The standard InChI is InChI=1S/C20H28N2O2/c23-19-7-2-1-6-17(19)10-20(24)22-13-16-8-9-18(14-22)21(12-16)11-15-4-3-5-15/h1-2,6-7,15-16,18,23H,3-5,8-14H2/t16-,18-/m1/s1. The smallest absolute Gasteiger partial charge is 0.227 e. The number of phenolic OH excluding ortho intramolecular Hbond substituents is 1. The number of piperidine rings is 1. The van der Waals surface area contributed by atoms with Gasteiger partial charge in [-0.25, -0.2) is 0 Å². The van der Waals surface area contributed by atoms with Gasteiger partial charge in [-0.3, -0.25) is 9.69 Å². The van der Waals surface area contributed by atoms with E-state index in [1.807, 2.05) is 12.1 Å². The molecule has 130 valence electrons. The summed E-state index contributed by atoms with van der Waals surface area (Å²) in [7, 11) is 0. The minimum atomic E-state index is 0.166. The van der Waals surface area contributed by atoms with Gasteiger partial charge in [-0.05, 0) is 43.6 Å². The summed E-state index contributed by atoms with van der Waals surface area (Å²) in [4.78, 5) is 17.5. The van der Waals surface area contributed by atoms with Gasteiger partial charge in [0.1, 0.15) is 5.75 Å². The number of para-hydroxylation sites is 1. The first-order chi connectivity index (χ1) is 11.7. The van der Waals surface area contributed by atoms with Gasteiger partial charge in [0.05, 0.1) is 6.42 Å². The maximum absolute atomic E-state index is 12.8. The van der Waals surface area contributed by atoms with Crippen molar-refractivity contribution in [1.82, 2.24) is 9.80 Å². The summed E-state index contributed by atoms with van der Waals surface area (Å²) < 4.78 is 0. The minimum Gasteiger partial charge on any atom is -0.508 e. The Kier molecular flexibility index (Phi) is 4.49. The van der Waals surface area contributed by atoms with Crippen LogP contribution in [0, 0.1) is 11.8 Å². The fourth-order valence-corrected chi connectivity index (χ4v) is 4.55. The largest absolute Gasteiger partial charge is 0.508 e. The lowest BCUT2D eigenvalue weighted by molar-refractivity contribution is -0.130. The van der Waals surface area contributed by atoms with Gasteiger partial charge in [0.2, 0.25) is 5.91 Å². The van der Waals surface area contributed by atoms with Crippen LogP contribution in [0.5, 0.6) is 5.75 Å². The lowest BCUT2D eigenvalue weighted by Crippen LogP contribution is -2.47.